The number of anilines is 1. The van der Waals surface area contributed by atoms with Crippen LogP contribution in [0.1, 0.15) is 64.8 Å². The first kappa shape index (κ1) is 19.4. The molecule has 1 saturated carbocycles. The van der Waals surface area contributed by atoms with Crippen LogP contribution in [0.3, 0.4) is 0 Å². The van der Waals surface area contributed by atoms with Crippen LogP contribution in [0.5, 0.6) is 0 Å². The second kappa shape index (κ2) is 7.14. The van der Waals surface area contributed by atoms with Gasteiger partial charge in [0.15, 0.2) is 5.82 Å². The zero-order valence-corrected chi connectivity index (χ0v) is 17.6. The van der Waals surface area contributed by atoms with E-state index in [4.69, 9.17) is 0 Å². The number of rotatable bonds is 5. The van der Waals surface area contributed by atoms with Crippen molar-refractivity contribution in [2.75, 3.05) is 18.0 Å². The molecule has 0 aromatic carbocycles. The Hall–Kier alpha value is -1.95. The molecule has 28 heavy (non-hydrogen) atoms. The van der Waals surface area contributed by atoms with Crippen LogP contribution >= 0.6 is 0 Å². The number of aliphatic hydroxyl groups is 1. The van der Waals surface area contributed by atoms with Crippen molar-refractivity contribution in [2.24, 2.45) is 17.3 Å². The van der Waals surface area contributed by atoms with E-state index in [1.807, 2.05) is 12.1 Å². The lowest BCUT2D eigenvalue weighted by Gasteiger charge is -2.53. The number of aromatic nitrogens is 4. The summed E-state index contributed by atoms with van der Waals surface area (Å²) in [4.78, 5) is 6.50. The maximum atomic E-state index is 11.4. The average molecular weight is 384 g/mol. The van der Waals surface area contributed by atoms with Gasteiger partial charge in [-0.3, -0.25) is 9.55 Å². The first-order valence-electron chi connectivity index (χ1n) is 10.6. The summed E-state index contributed by atoms with van der Waals surface area (Å²) < 4.78 is 2.15. The highest BCUT2D eigenvalue weighted by Gasteiger charge is 2.46. The molecule has 0 amide bonds. The Morgan fingerprint density at radius 2 is 1.96 bits per heavy atom. The fourth-order valence-electron chi connectivity index (χ4n) is 4.95. The minimum Gasteiger partial charge on any atom is -0.377 e. The van der Waals surface area contributed by atoms with Gasteiger partial charge >= 0.3 is 0 Å². The summed E-state index contributed by atoms with van der Waals surface area (Å²) in [6.07, 6.45) is 8.61. The fraction of sp³-hybridized carbons (Fsp3) is 0.682. The molecule has 2 aromatic heterocycles. The van der Waals surface area contributed by atoms with E-state index in [-0.39, 0.29) is 0 Å². The molecule has 1 saturated heterocycles. The van der Waals surface area contributed by atoms with Crippen LogP contribution in [0.4, 0.5) is 5.95 Å². The summed E-state index contributed by atoms with van der Waals surface area (Å²) in [7, 11) is 0. The van der Waals surface area contributed by atoms with Gasteiger partial charge in [-0.2, -0.15) is 0 Å². The van der Waals surface area contributed by atoms with Crippen LogP contribution in [0.2, 0.25) is 0 Å². The summed E-state index contributed by atoms with van der Waals surface area (Å²) >= 11 is 0. The topological polar surface area (TPSA) is 67.1 Å². The molecule has 0 bridgehead atoms. The Morgan fingerprint density at radius 1 is 1.25 bits per heavy atom. The van der Waals surface area contributed by atoms with Crippen LogP contribution in [0.25, 0.3) is 0 Å². The van der Waals surface area contributed by atoms with Gasteiger partial charge in [0.2, 0.25) is 5.95 Å². The maximum absolute atomic E-state index is 11.4. The molecular formula is C22H33N5O. The summed E-state index contributed by atoms with van der Waals surface area (Å²) in [6.45, 7) is 11.5. The van der Waals surface area contributed by atoms with Gasteiger partial charge < -0.3 is 10.0 Å². The van der Waals surface area contributed by atoms with Crippen molar-refractivity contribution in [1.82, 2.24) is 19.7 Å². The molecule has 2 atom stereocenters. The van der Waals surface area contributed by atoms with Gasteiger partial charge in [0.1, 0.15) is 5.60 Å². The van der Waals surface area contributed by atoms with E-state index in [9.17, 15) is 5.11 Å². The largest absolute Gasteiger partial charge is 0.377 e. The van der Waals surface area contributed by atoms with Crippen LogP contribution in [-0.4, -0.2) is 37.9 Å². The average Bonchev–Trinajstić information content (AvgIpc) is 3.05. The van der Waals surface area contributed by atoms with Crippen molar-refractivity contribution >= 4 is 5.95 Å². The molecule has 4 rings (SSSR count). The molecule has 1 aliphatic carbocycles. The molecule has 2 aliphatic rings. The molecule has 6 heteroatoms. The minimum atomic E-state index is -1.21. The second-order valence-electron chi connectivity index (χ2n) is 9.46. The summed E-state index contributed by atoms with van der Waals surface area (Å²) in [5.41, 5.74) is 0.0233. The SMILES string of the molecule is CC(C)Cn1c(N2CCC(C)C3(CCC3)C2)nnc1C(C)(O)c1ccncc1. The van der Waals surface area contributed by atoms with Crippen LogP contribution in [-0.2, 0) is 12.1 Å². The van der Waals surface area contributed by atoms with E-state index in [1.54, 1.807) is 19.3 Å². The Bertz CT molecular complexity index is 810. The van der Waals surface area contributed by atoms with Gasteiger partial charge in [-0.1, -0.05) is 27.2 Å². The molecular weight excluding hydrogens is 350 g/mol. The lowest BCUT2D eigenvalue weighted by molar-refractivity contribution is 0.0437. The first-order chi connectivity index (χ1) is 13.3. The highest BCUT2D eigenvalue weighted by Crippen LogP contribution is 2.51. The highest BCUT2D eigenvalue weighted by molar-refractivity contribution is 5.37. The number of hydrogen-bond acceptors (Lipinski definition) is 5. The molecule has 0 radical (unpaired) electrons. The van der Waals surface area contributed by atoms with Gasteiger partial charge in [0.25, 0.3) is 0 Å². The summed E-state index contributed by atoms with van der Waals surface area (Å²) in [6, 6.07) is 3.69. The number of hydrogen-bond donors (Lipinski definition) is 1. The normalized spacial score (nSPS) is 23.6. The monoisotopic (exact) mass is 383 g/mol. The Morgan fingerprint density at radius 3 is 2.57 bits per heavy atom. The third-order valence-corrected chi connectivity index (χ3v) is 6.97. The fourth-order valence-corrected chi connectivity index (χ4v) is 4.95. The van der Waals surface area contributed by atoms with E-state index >= 15 is 0 Å². The molecule has 2 unspecified atom stereocenters. The van der Waals surface area contributed by atoms with Crippen LogP contribution in [0.15, 0.2) is 24.5 Å². The number of pyridine rings is 1. The van der Waals surface area contributed by atoms with Gasteiger partial charge in [-0.05, 0) is 61.1 Å². The first-order valence-corrected chi connectivity index (χ1v) is 10.6. The van der Waals surface area contributed by atoms with Crippen molar-refractivity contribution in [2.45, 2.75) is 65.5 Å². The zero-order chi connectivity index (χ0) is 19.9. The predicted octanol–water partition coefficient (Wildman–Crippen LogP) is 3.60. The van der Waals surface area contributed by atoms with E-state index in [1.165, 1.54) is 25.7 Å². The van der Waals surface area contributed by atoms with E-state index in [0.29, 0.717) is 17.2 Å². The van der Waals surface area contributed by atoms with Gasteiger partial charge in [-0.15, -0.1) is 10.2 Å². The van der Waals surface area contributed by atoms with Crippen molar-refractivity contribution in [3.63, 3.8) is 0 Å². The third-order valence-electron chi connectivity index (χ3n) is 6.97. The molecule has 1 N–H and O–H groups in total. The lowest BCUT2D eigenvalue weighted by Crippen LogP contribution is -2.52. The Labute approximate surface area is 168 Å². The summed E-state index contributed by atoms with van der Waals surface area (Å²) in [5.74, 6) is 2.74. The standard InChI is InChI=1S/C22H33N5O/c1-16(2)14-27-19(21(4,28)18-6-11-23-12-7-18)24-25-20(27)26-13-8-17(3)22(15-26)9-5-10-22/h6-7,11-12,16-17,28H,5,8-10,13-15H2,1-4H3. The van der Waals surface area contributed by atoms with Gasteiger partial charge in [-0.25, -0.2) is 0 Å². The molecule has 2 fully saturated rings. The minimum absolute atomic E-state index is 0.433. The highest BCUT2D eigenvalue weighted by atomic mass is 16.3. The summed E-state index contributed by atoms with van der Waals surface area (Å²) in [5, 5.41) is 20.5. The van der Waals surface area contributed by atoms with E-state index < -0.39 is 5.60 Å². The van der Waals surface area contributed by atoms with Crippen LogP contribution < -0.4 is 4.90 Å². The van der Waals surface area contributed by atoms with E-state index in [2.05, 4.69) is 45.4 Å². The molecule has 2 aromatic rings. The zero-order valence-electron chi connectivity index (χ0n) is 17.6. The van der Waals surface area contributed by atoms with Gasteiger partial charge in [0, 0.05) is 32.0 Å². The number of piperidine rings is 1. The maximum Gasteiger partial charge on any atom is 0.227 e. The van der Waals surface area contributed by atoms with Crippen molar-refractivity contribution in [1.29, 1.82) is 0 Å². The number of nitrogens with zero attached hydrogens (tertiary/aromatic N) is 5. The molecule has 3 heterocycles. The third kappa shape index (κ3) is 3.21. The smallest absolute Gasteiger partial charge is 0.227 e. The van der Waals surface area contributed by atoms with Crippen molar-refractivity contribution in [3.8, 4) is 0 Å². The lowest BCUT2D eigenvalue weighted by atomic mass is 9.59. The molecule has 6 nitrogen and oxygen atoms in total. The Balaban J connectivity index is 1.71. The van der Waals surface area contributed by atoms with Crippen LogP contribution in [0, 0.1) is 17.3 Å². The van der Waals surface area contributed by atoms with E-state index in [0.717, 1.165) is 37.1 Å². The molecule has 1 spiro atoms. The second-order valence-corrected chi connectivity index (χ2v) is 9.46. The van der Waals surface area contributed by atoms with Gasteiger partial charge in [0.05, 0.1) is 0 Å². The molecule has 1 aliphatic heterocycles. The van der Waals surface area contributed by atoms with Crippen molar-refractivity contribution < 1.29 is 5.11 Å². The van der Waals surface area contributed by atoms with Crippen molar-refractivity contribution in [3.05, 3.63) is 35.9 Å². The quantitative estimate of drug-likeness (QED) is 0.854. The molecule has 152 valence electrons. The predicted molar refractivity (Wildman–Crippen MR) is 110 cm³/mol. The Kier molecular flexibility index (Phi) is 4.94.